The van der Waals surface area contributed by atoms with Crippen LogP contribution in [0.25, 0.3) is 0 Å². The molecule has 1 fully saturated rings. The minimum Gasteiger partial charge on any atom is -0.394 e. The normalized spacial score (nSPS) is 23.1. The summed E-state index contributed by atoms with van der Waals surface area (Å²) in [5.74, 6) is -0.188. The molecular weight excluding hydrogens is 598 g/mol. The van der Waals surface area contributed by atoms with Gasteiger partial charge in [-0.05, 0) is 44.9 Å². The van der Waals surface area contributed by atoms with Crippen molar-refractivity contribution >= 4 is 5.91 Å². The molecule has 0 spiro atoms. The zero-order valence-electron chi connectivity index (χ0n) is 29.8. The molecule has 0 bridgehead atoms. The second-order valence-electron chi connectivity index (χ2n) is 13.4. The van der Waals surface area contributed by atoms with E-state index in [2.05, 4.69) is 31.3 Å². The summed E-state index contributed by atoms with van der Waals surface area (Å²) in [6.45, 7) is 3.63. The lowest BCUT2D eigenvalue weighted by atomic mass is 9.99. The summed E-state index contributed by atoms with van der Waals surface area (Å²) in [5, 5.41) is 53.5. The fourth-order valence-electron chi connectivity index (χ4n) is 5.85. The Balaban J connectivity index is 2.27. The summed E-state index contributed by atoms with van der Waals surface area (Å²) >= 11 is 0. The van der Waals surface area contributed by atoms with Crippen LogP contribution < -0.4 is 5.32 Å². The van der Waals surface area contributed by atoms with E-state index in [0.29, 0.717) is 6.42 Å². The summed E-state index contributed by atoms with van der Waals surface area (Å²) in [6.07, 6.45) is 25.5. The van der Waals surface area contributed by atoms with E-state index in [1.54, 1.807) is 6.08 Å². The van der Waals surface area contributed by atoms with Crippen LogP contribution in [0.3, 0.4) is 0 Å². The van der Waals surface area contributed by atoms with Gasteiger partial charge in [-0.3, -0.25) is 4.79 Å². The molecule has 0 radical (unpaired) electrons. The van der Waals surface area contributed by atoms with Gasteiger partial charge in [0.05, 0.1) is 25.4 Å². The fourth-order valence-corrected chi connectivity index (χ4v) is 5.85. The fraction of sp³-hybridized carbons (Fsp3) is 0.868. The van der Waals surface area contributed by atoms with Gasteiger partial charge in [0.2, 0.25) is 5.91 Å². The largest absolute Gasteiger partial charge is 0.394 e. The second kappa shape index (κ2) is 29.6. The van der Waals surface area contributed by atoms with Gasteiger partial charge in [0.25, 0.3) is 0 Å². The number of unbranched alkanes of at least 4 members (excludes halogenated alkanes) is 18. The van der Waals surface area contributed by atoms with Crippen molar-refractivity contribution in [2.45, 2.75) is 198 Å². The van der Waals surface area contributed by atoms with E-state index >= 15 is 0 Å². The van der Waals surface area contributed by atoms with Gasteiger partial charge in [0.1, 0.15) is 24.4 Å². The Morgan fingerprint density at radius 2 is 1.19 bits per heavy atom. The molecule has 6 N–H and O–H groups in total. The van der Waals surface area contributed by atoms with Crippen molar-refractivity contribution in [3.05, 3.63) is 24.3 Å². The van der Waals surface area contributed by atoms with Gasteiger partial charge < -0.3 is 40.3 Å². The Labute approximate surface area is 286 Å². The van der Waals surface area contributed by atoms with Crippen LogP contribution in [-0.2, 0) is 14.3 Å². The zero-order valence-corrected chi connectivity index (χ0v) is 29.8. The summed E-state index contributed by atoms with van der Waals surface area (Å²) in [6, 6.07) is -0.798. The molecule has 7 unspecified atom stereocenters. The standard InChI is InChI=1S/C38H71NO8/c1-3-5-7-9-10-11-12-13-14-15-16-17-18-19-20-21-22-24-26-28-34(42)39-31(32(41)27-25-23-8-6-4-2)30-46-38-37(45)36(44)35(43)33(29-40)47-38/h13-14,25,27,31-33,35-38,40-41,43-45H,3-12,15-24,26,28-30H2,1-2H3,(H,39,42)/b14-13-,27-25+. The van der Waals surface area contributed by atoms with Crippen molar-refractivity contribution in [2.75, 3.05) is 13.2 Å². The Hall–Kier alpha value is -1.33. The van der Waals surface area contributed by atoms with E-state index in [-0.39, 0.29) is 12.5 Å². The minimum absolute atomic E-state index is 0.188. The number of allylic oxidation sites excluding steroid dienone is 3. The van der Waals surface area contributed by atoms with E-state index in [1.165, 1.54) is 89.9 Å². The van der Waals surface area contributed by atoms with Crippen molar-refractivity contribution in [1.29, 1.82) is 0 Å². The van der Waals surface area contributed by atoms with Crippen molar-refractivity contribution < 1.29 is 39.8 Å². The minimum atomic E-state index is -1.56. The van der Waals surface area contributed by atoms with Gasteiger partial charge in [-0.2, -0.15) is 0 Å². The lowest BCUT2D eigenvalue weighted by Gasteiger charge is -2.40. The Kier molecular flexibility index (Phi) is 27.5. The van der Waals surface area contributed by atoms with Crippen molar-refractivity contribution in [3.8, 4) is 0 Å². The first kappa shape index (κ1) is 43.7. The van der Waals surface area contributed by atoms with Gasteiger partial charge in [-0.15, -0.1) is 0 Å². The number of hydrogen-bond acceptors (Lipinski definition) is 8. The molecule has 1 amide bonds. The average molecular weight is 670 g/mol. The molecule has 1 aliphatic rings. The molecule has 0 aromatic rings. The van der Waals surface area contributed by atoms with Crippen LogP contribution in [0.2, 0.25) is 0 Å². The highest BCUT2D eigenvalue weighted by atomic mass is 16.7. The van der Waals surface area contributed by atoms with Gasteiger partial charge in [0.15, 0.2) is 6.29 Å². The topological polar surface area (TPSA) is 149 Å². The van der Waals surface area contributed by atoms with Crippen LogP contribution in [0.4, 0.5) is 0 Å². The Morgan fingerprint density at radius 3 is 1.77 bits per heavy atom. The number of nitrogens with one attached hydrogen (secondary N) is 1. The molecule has 47 heavy (non-hydrogen) atoms. The van der Waals surface area contributed by atoms with E-state index in [1.807, 2.05) is 6.08 Å². The molecule has 7 atom stereocenters. The van der Waals surface area contributed by atoms with Crippen molar-refractivity contribution in [1.82, 2.24) is 5.32 Å². The van der Waals surface area contributed by atoms with Crippen LogP contribution in [0.15, 0.2) is 24.3 Å². The summed E-state index contributed by atoms with van der Waals surface area (Å²) < 4.78 is 11.1. The monoisotopic (exact) mass is 670 g/mol. The maximum absolute atomic E-state index is 12.8. The number of aliphatic hydroxyl groups is 5. The molecule has 0 aliphatic carbocycles. The highest BCUT2D eigenvalue weighted by Gasteiger charge is 2.44. The predicted octanol–water partition coefficient (Wildman–Crippen LogP) is 6.38. The van der Waals surface area contributed by atoms with Gasteiger partial charge in [-0.1, -0.05) is 128 Å². The molecule has 276 valence electrons. The van der Waals surface area contributed by atoms with E-state index in [4.69, 9.17) is 9.47 Å². The summed E-state index contributed by atoms with van der Waals surface area (Å²) in [4.78, 5) is 12.8. The molecule has 0 saturated carbocycles. The Morgan fingerprint density at radius 1 is 0.702 bits per heavy atom. The molecule has 0 aromatic carbocycles. The number of ether oxygens (including phenoxy) is 2. The van der Waals surface area contributed by atoms with Crippen LogP contribution in [0, 0.1) is 0 Å². The third-order valence-electron chi connectivity index (χ3n) is 9.02. The van der Waals surface area contributed by atoms with Gasteiger partial charge in [-0.25, -0.2) is 0 Å². The quantitative estimate of drug-likeness (QED) is 0.0381. The number of carbonyl (C=O) groups is 1. The lowest BCUT2D eigenvalue weighted by molar-refractivity contribution is -0.302. The van der Waals surface area contributed by atoms with E-state index in [0.717, 1.165) is 44.9 Å². The molecule has 9 heteroatoms. The van der Waals surface area contributed by atoms with E-state index < -0.39 is 49.5 Å². The SMILES string of the molecule is CCCCC/C=C/C(O)C(COC1OC(CO)C(O)C(O)C1O)NC(=O)CCCCCCCCCCC/C=C\CCCCCCCC. The molecule has 9 nitrogen and oxygen atoms in total. The number of aliphatic hydroxyl groups excluding tert-OH is 5. The first-order valence-corrected chi connectivity index (χ1v) is 19.1. The maximum atomic E-state index is 12.8. The van der Waals surface area contributed by atoms with Crippen LogP contribution in [-0.4, -0.2) is 87.5 Å². The van der Waals surface area contributed by atoms with Crippen LogP contribution in [0.5, 0.6) is 0 Å². The predicted molar refractivity (Wildman–Crippen MR) is 189 cm³/mol. The number of amides is 1. The first-order valence-electron chi connectivity index (χ1n) is 19.1. The molecule has 1 rings (SSSR count). The first-order chi connectivity index (χ1) is 22.8. The van der Waals surface area contributed by atoms with Gasteiger partial charge in [0, 0.05) is 6.42 Å². The highest BCUT2D eigenvalue weighted by molar-refractivity contribution is 5.76. The number of rotatable bonds is 30. The molecule has 1 aliphatic heterocycles. The van der Waals surface area contributed by atoms with Crippen LogP contribution >= 0.6 is 0 Å². The molecule has 0 aromatic heterocycles. The van der Waals surface area contributed by atoms with Crippen LogP contribution in [0.1, 0.15) is 155 Å². The molecule has 1 saturated heterocycles. The third kappa shape index (κ3) is 21.4. The average Bonchev–Trinajstić information content (AvgIpc) is 3.07. The maximum Gasteiger partial charge on any atom is 0.220 e. The summed E-state index contributed by atoms with van der Waals surface area (Å²) in [7, 11) is 0. The molecular formula is C38H71NO8. The Bertz CT molecular complexity index is 792. The number of carbonyl (C=O) groups excluding carboxylic acids is 1. The lowest BCUT2D eigenvalue weighted by Crippen LogP contribution is -2.60. The van der Waals surface area contributed by atoms with Crippen molar-refractivity contribution in [2.24, 2.45) is 0 Å². The third-order valence-corrected chi connectivity index (χ3v) is 9.02. The van der Waals surface area contributed by atoms with Crippen molar-refractivity contribution in [3.63, 3.8) is 0 Å². The number of hydrogen-bond donors (Lipinski definition) is 6. The second-order valence-corrected chi connectivity index (χ2v) is 13.4. The van der Waals surface area contributed by atoms with Gasteiger partial charge >= 0.3 is 0 Å². The zero-order chi connectivity index (χ0) is 34.5. The highest BCUT2D eigenvalue weighted by Crippen LogP contribution is 2.22. The summed E-state index contributed by atoms with van der Waals surface area (Å²) in [5.41, 5.74) is 0. The van der Waals surface area contributed by atoms with E-state index in [9.17, 15) is 30.3 Å². The smallest absolute Gasteiger partial charge is 0.220 e. The molecule has 1 heterocycles.